The van der Waals surface area contributed by atoms with E-state index in [1.165, 1.54) is 76.9 Å². The lowest BCUT2D eigenvalue weighted by Gasteiger charge is -2.33. The zero-order chi connectivity index (χ0) is 42.3. The van der Waals surface area contributed by atoms with Crippen molar-refractivity contribution >= 4 is 54.7 Å². The van der Waals surface area contributed by atoms with E-state index in [1.807, 2.05) is 20.8 Å². The molecular weight excluding hydrogens is 737 g/mol. The van der Waals surface area contributed by atoms with Gasteiger partial charge in [0.25, 0.3) is 0 Å². The quantitative estimate of drug-likeness (QED) is 0.114. The van der Waals surface area contributed by atoms with Crippen LogP contribution in [-0.4, -0.2) is 4.57 Å². The number of allylic oxidation sites excluding steroid dienone is 4. The first-order valence-electron chi connectivity index (χ1n) is 21.9. The standard InChI is InChI=1S/C54H44N2.C3H6.C2H6/c1-3-4-32-54(33-14-15-37(54)2)42-26-28-43(29-27-42)56-52-23-13-12-22-47(52)49-35-40(25-31-53(49)56)39-24-30-50(48(34-39)38-16-6-5-7-17-38)55-51-36-41-18-8-9-19-44(41)45-20-10-11-21-46(45)51;1-3-2;1-2/h3,5-14,16-31,33-37,55H,1,4,15,32H2,2H3;3H,1H2,2H3;1-2H3/t37?,54-;;/m1../s1. The average Bonchev–Trinajstić information content (AvgIpc) is 3.86. The third kappa shape index (κ3) is 7.71. The van der Waals surface area contributed by atoms with E-state index in [9.17, 15) is 0 Å². The summed E-state index contributed by atoms with van der Waals surface area (Å²) in [4.78, 5) is 0. The number of hydrogen-bond donors (Lipinski definition) is 1. The Bertz CT molecular complexity index is 3000. The molecule has 0 spiro atoms. The van der Waals surface area contributed by atoms with Gasteiger partial charge in [-0.1, -0.05) is 166 Å². The van der Waals surface area contributed by atoms with E-state index in [4.69, 9.17) is 0 Å². The Balaban J connectivity index is 0.000000986. The van der Waals surface area contributed by atoms with Crippen LogP contribution in [0.1, 0.15) is 52.5 Å². The van der Waals surface area contributed by atoms with Gasteiger partial charge in [0.05, 0.1) is 11.0 Å². The first kappa shape index (κ1) is 40.9. The molecule has 1 aliphatic carbocycles. The SMILES string of the molecule is C=CC.C=CCC[C@@]1(c2ccc(-n3c4ccccc4c4cc(-c5ccc(Nc6cc7ccccc7c7ccccc67)c(-c6ccccc6)c5)ccc43)cc2)C=CCC1C.CC. The molecular formula is C59H56N2. The highest BCUT2D eigenvalue weighted by atomic mass is 15.0. The van der Waals surface area contributed by atoms with Crippen molar-refractivity contribution in [3.63, 3.8) is 0 Å². The van der Waals surface area contributed by atoms with Gasteiger partial charge in [-0.2, -0.15) is 0 Å². The molecule has 1 unspecified atom stereocenters. The summed E-state index contributed by atoms with van der Waals surface area (Å²) < 4.78 is 2.43. The zero-order valence-corrected chi connectivity index (χ0v) is 36.0. The second-order valence-electron chi connectivity index (χ2n) is 15.9. The van der Waals surface area contributed by atoms with E-state index in [2.05, 4.69) is 218 Å². The summed E-state index contributed by atoms with van der Waals surface area (Å²) in [6, 6.07) is 62.4. The van der Waals surface area contributed by atoms with E-state index in [-0.39, 0.29) is 5.41 Å². The minimum absolute atomic E-state index is 0.0649. The maximum absolute atomic E-state index is 4.03. The lowest BCUT2D eigenvalue weighted by atomic mass is 9.70. The first-order chi connectivity index (χ1) is 30.0. The van der Waals surface area contributed by atoms with Crippen molar-refractivity contribution in [1.29, 1.82) is 0 Å². The van der Waals surface area contributed by atoms with Gasteiger partial charge in [-0.05, 0) is 119 Å². The van der Waals surface area contributed by atoms with E-state index in [0.29, 0.717) is 5.92 Å². The third-order valence-electron chi connectivity index (χ3n) is 12.4. The number of fused-ring (bicyclic) bond motifs is 6. The molecule has 0 bridgehead atoms. The molecule has 10 rings (SSSR count). The van der Waals surface area contributed by atoms with Gasteiger partial charge in [-0.15, -0.1) is 13.2 Å². The smallest absolute Gasteiger partial charge is 0.0541 e. The number of aromatic nitrogens is 1. The van der Waals surface area contributed by atoms with Crippen molar-refractivity contribution in [1.82, 2.24) is 4.57 Å². The van der Waals surface area contributed by atoms with E-state index in [1.54, 1.807) is 6.08 Å². The number of nitrogens with one attached hydrogen (secondary N) is 1. The number of rotatable bonds is 9. The van der Waals surface area contributed by atoms with Gasteiger partial charge >= 0.3 is 0 Å². The molecule has 0 fully saturated rings. The maximum atomic E-state index is 4.03. The second-order valence-corrected chi connectivity index (χ2v) is 15.9. The minimum Gasteiger partial charge on any atom is -0.354 e. The van der Waals surface area contributed by atoms with Crippen LogP contribution in [0.3, 0.4) is 0 Å². The van der Waals surface area contributed by atoms with Crippen LogP contribution in [0.5, 0.6) is 0 Å². The van der Waals surface area contributed by atoms with Crippen LogP contribution in [0.15, 0.2) is 207 Å². The van der Waals surface area contributed by atoms with Crippen LogP contribution in [0.2, 0.25) is 0 Å². The van der Waals surface area contributed by atoms with Crippen LogP contribution >= 0.6 is 0 Å². The number of anilines is 2. The Morgan fingerprint density at radius 1 is 0.607 bits per heavy atom. The van der Waals surface area contributed by atoms with Crippen LogP contribution in [-0.2, 0) is 5.41 Å². The molecule has 0 radical (unpaired) electrons. The molecule has 0 saturated carbocycles. The molecule has 9 aromatic rings. The minimum atomic E-state index is 0.0649. The molecule has 0 saturated heterocycles. The molecule has 1 heterocycles. The molecule has 1 aliphatic rings. The van der Waals surface area contributed by atoms with E-state index < -0.39 is 0 Å². The van der Waals surface area contributed by atoms with Crippen molar-refractivity contribution in [3.05, 3.63) is 213 Å². The van der Waals surface area contributed by atoms with Crippen LogP contribution in [0.25, 0.3) is 71.3 Å². The highest BCUT2D eigenvalue weighted by Gasteiger charge is 2.37. The predicted molar refractivity (Wildman–Crippen MR) is 268 cm³/mol. The van der Waals surface area contributed by atoms with Gasteiger partial charge in [0.15, 0.2) is 0 Å². The summed E-state index contributed by atoms with van der Waals surface area (Å²) in [5.41, 5.74) is 12.0. The fraction of sp³-hybridized carbons (Fsp3) is 0.153. The third-order valence-corrected chi connectivity index (χ3v) is 12.4. The summed E-state index contributed by atoms with van der Waals surface area (Å²) in [5.74, 6) is 0.575. The van der Waals surface area contributed by atoms with Crippen molar-refractivity contribution < 1.29 is 0 Å². The number of hydrogen-bond acceptors (Lipinski definition) is 1. The normalized spacial score (nSPS) is 15.6. The predicted octanol–water partition coefficient (Wildman–Crippen LogP) is 17.2. The molecule has 302 valence electrons. The zero-order valence-electron chi connectivity index (χ0n) is 36.0. The lowest BCUT2D eigenvalue weighted by molar-refractivity contribution is 0.362. The molecule has 1 aromatic heterocycles. The molecule has 2 heteroatoms. The molecule has 0 aliphatic heterocycles. The maximum Gasteiger partial charge on any atom is 0.0541 e. The van der Waals surface area contributed by atoms with Crippen molar-refractivity contribution in [2.24, 2.45) is 5.92 Å². The van der Waals surface area contributed by atoms with Gasteiger partial charge in [0.1, 0.15) is 0 Å². The monoisotopic (exact) mass is 792 g/mol. The van der Waals surface area contributed by atoms with E-state index >= 15 is 0 Å². The summed E-state index contributed by atoms with van der Waals surface area (Å²) in [6.07, 6.45) is 11.9. The number of para-hydroxylation sites is 1. The highest BCUT2D eigenvalue weighted by Crippen LogP contribution is 2.45. The molecule has 0 amide bonds. The Morgan fingerprint density at radius 3 is 1.95 bits per heavy atom. The number of nitrogens with zero attached hydrogens (tertiary/aromatic N) is 1. The largest absolute Gasteiger partial charge is 0.354 e. The Hall–Kier alpha value is -6.90. The molecule has 2 atom stereocenters. The molecule has 2 nitrogen and oxygen atoms in total. The number of benzene rings is 8. The van der Waals surface area contributed by atoms with Gasteiger partial charge in [-0.3, -0.25) is 0 Å². The van der Waals surface area contributed by atoms with Gasteiger partial charge in [-0.25, -0.2) is 0 Å². The Labute approximate surface area is 362 Å². The van der Waals surface area contributed by atoms with Gasteiger partial charge in [0.2, 0.25) is 0 Å². The molecule has 1 N–H and O–H groups in total. The topological polar surface area (TPSA) is 17.0 Å². The average molecular weight is 793 g/mol. The first-order valence-corrected chi connectivity index (χ1v) is 21.9. The van der Waals surface area contributed by atoms with Gasteiger partial charge < -0.3 is 9.88 Å². The Morgan fingerprint density at radius 2 is 1.23 bits per heavy atom. The Kier molecular flexibility index (Phi) is 12.2. The highest BCUT2D eigenvalue weighted by molar-refractivity contribution is 6.14. The summed E-state index contributed by atoms with van der Waals surface area (Å²) in [6.45, 7) is 15.7. The van der Waals surface area contributed by atoms with E-state index in [0.717, 1.165) is 30.6 Å². The van der Waals surface area contributed by atoms with Crippen molar-refractivity contribution in [2.75, 3.05) is 5.32 Å². The van der Waals surface area contributed by atoms with Crippen LogP contribution in [0.4, 0.5) is 11.4 Å². The fourth-order valence-electron chi connectivity index (χ4n) is 9.40. The fourth-order valence-corrected chi connectivity index (χ4v) is 9.40. The molecule has 8 aromatic carbocycles. The second kappa shape index (κ2) is 18.2. The van der Waals surface area contributed by atoms with Gasteiger partial charge in [0, 0.05) is 44.2 Å². The van der Waals surface area contributed by atoms with Crippen molar-refractivity contribution in [3.8, 4) is 27.9 Å². The summed E-state index contributed by atoms with van der Waals surface area (Å²) >= 11 is 0. The summed E-state index contributed by atoms with van der Waals surface area (Å²) in [5, 5.41) is 11.4. The molecule has 61 heavy (non-hydrogen) atoms. The summed E-state index contributed by atoms with van der Waals surface area (Å²) in [7, 11) is 0. The van der Waals surface area contributed by atoms with Crippen LogP contribution in [0, 0.1) is 5.92 Å². The van der Waals surface area contributed by atoms with Crippen molar-refractivity contribution in [2.45, 2.75) is 52.4 Å². The van der Waals surface area contributed by atoms with Crippen LogP contribution < -0.4 is 5.32 Å². The lowest BCUT2D eigenvalue weighted by Crippen LogP contribution is -2.28.